The molecule has 0 bridgehead atoms. The first-order valence-corrected chi connectivity index (χ1v) is 9.49. The molecule has 1 saturated carbocycles. The predicted molar refractivity (Wildman–Crippen MR) is 97.9 cm³/mol. The van der Waals surface area contributed by atoms with Crippen LogP contribution < -0.4 is 10.1 Å². The molecule has 0 aromatic heterocycles. The molecule has 0 radical (unpaired) electrons. The Morgan fingerprint density at radius 2 is 1.71 bits per heavy atom. The molecule has 0 spiro atoms. The van der Waals surface area contributed by atoms with E-state index < -0.39 is 6.10 Å². The van der Waals surface area contributed by atoms with Gasteiger partial charge in [0.2, 0.25) is 0 Å². The zero-order valence-corrected chi connectivity index (χ0v) is 15.1. The summed E-state index contributed by atoms with van der Waals surface area (Å²) in [7, 11) is 0. The van der Waals surface area contributed by atoms with Gasteiger partial charge in [-0.2, -0.15) is 0 Å². The molecule has 24 heavy (non-hydrogen) atoms. The summed E-state index contributed by atoms with van der Waals surface area (Å²) in [4.78, 5) is 0. The van der Waals surface area contributed by atoms with Crippen molar-refractivity contribution in [1.29, 1.82) is 0 Å². The molecule has 2 rings (SSSR count). The van der Waals surface area contributed by atoms with E-state index in [4.69, 9.17) is 21.1 Å². The van der Waals surface area contributed by atoms with Gasteiger partial charge in [0.1, 0.15) is 12.4 Å². The third kappa shape index (κ3) is 8.34. The number of ether oxygens (including phenoxy) is 2. The minimum atomic E-state index is -0.467. The van der Waals surface area contributed by atoms with Gasteiger partial charge in [0, 0.05) is 17.6 Å². The van der Waals surface area contributed by atoms with Crippen molar-refractivity contribution in [2.75, 3.05) is 26.4 Å². The zero-order chi connectivity index (χ0) is 17.0. The lowest BCUT2D eigenvalue weighted by atomic mass is 9.97. The van der Waals surface area contributed by atoms with Gasteiger partial charge in [0.25, 0.3) is 0 Å². The van der Waals surface area contributed by atoms with Crippen molar-refractivity contribution in [3.8, 4) is 5.75 Å². The Morgan fingerprint density at radius 3 is 2.42 bits per heavy atom. The standard InChI is InChI=1S/C19H30ClNO3/c20-16-8-10-19(11-9-16)24-13-12-23-15-18(22)14-21-17-6-4-2-1-3-5-7-17/h8-11,17-18,21-22H,1-7,12-15H2. The summed E-state index contributed by atoms with van der Waals surface area (Å²) in [5, 5.41) is 14.2. The van der Waals surface area contributed by atoms with Crippen LogP contribution in [0.1, 0.15) is 44.9 Å². The number of nitrogens with one attached hydrogen (secondary N) is 1. The second kappa shape index (κ2) is 11.7. The largest absolute Gasteiger partial charge is 0.491 e. The maximum absolute atomic E-state index is 10.0. The van der Waals surface area contributed by atoms with E-state index in [1.54, 1.807) is 12.1 Å². The first-order chi connectivity index (χ1) is 11.7. The third-order valence-electron chi connectivity index (χ3n) is 4.37. The second-order valence-electron chi connectivity index (χ2n) is 6.48. The lowest BCUT2D eigenvalue weighted by molar-refractivity contribution is 0.0236. The van der Waals surface area contributed by atoms with E-state index in [2.05, 4.69) is 5.32 Å². The topological polar surface area (TPSA) is 50.7 Å². The van der Waals surface area contributed by atoms with Crippen LogP contribution in [0.4, 0.5) is 0 Å². The van der Waals surface area contributed by atoms with Crippen LogP contribution in [0.25, 0.3) is 0 Å². The molecule has 1 aliphatic rings. The lowest BCUT2D eigenvalue weighted by Crippen LogP contribution is -2.38. The molecule has 2 N–H and O–H groups in total. The van der Waals surface area contributed by atoms with Gasteiger partial charge in [0.15, 0.2) is 0 Å². The molecule has 1 aliphatic carbocycles. The van der Waals surface area contributed by atoms with Gasteiger partial charge in [-0.25, -0.2) is 0 Å². The van der Waals surface area contributed by atoms with Crippen LogP contribution >= 0.6 is 11.6 Å². The maximum Gasteiger partial charge on any atom is 0.119 e. The van der Waals surface area contributed by atoms with Crippen molar-refractivity contribution < 1.29 is 14.6 Å². The Bertz CT molecular complexity index is 433. The molecule has 1 atom stereocenters. The van der Waals surface area contributed by atoms with Gasteiger partial charge in [0.05, 0.1) is 19.3 Å². The molecule has 5 heteroatoms. The van der Waals surface area contributed by atoms with E-state index in [0.717, 1.165) is 5.75 Å². The molecule has 0 aliphatic heterocycles. The molecule has 0 heterocycles. The van der Waals surface area contributed by atoms with Crippen molar-refractivity contribution in [1.82, 2.24) is 5.32 Å². The quantitative estimate of drug-likeness (QED) is 0.661. The first-order valence-electron chi connectivity index (χ1n) is 9.11. The SMILES string of the molecule is OC(CNC1CCCCCCC1)COCCOc1ccc(Cl)cc1. The highest BCUT2D eigenvalue weighted by atomic mass is 35.5. The fourth-order valence-electron chi connectivity index (χ4n) is 2.99. The van der Waals surface area contributed by atoms with Gasteiger partial charge in [-0.1, -0.05) is 43.7 Å². The van der Waals surface area contributed by atoms with Crippen LogP contribution in [0, 0.1) is 0 Å². The van der Waals surface area contributed by atoms with Crippen LogP contribution in [-0.4, -0.2) is 43.6 Å². The average Bonchev–Trinajstić information content (AvgIpc) is 2.55. The van der Waals surface area contributed by atoms with Crippen LogP contribution in [0.2, 0.25) is 5.02 Å². The molecular weight excluding hydrogens is 326 g/mol. The Kier molecular flexibility index (Phi) is 9.51. The van der Waals surface area contributed by atoms with E-state index >= 15 is 0 Å². The van der Waals surface area contributed by atoms with Gasteiger partial charge in [-0.05, 0) is 37.1 Å². The predicted octanol–water partition coefficient (Wildman–Crippen LogP) is 3.80. The molecule has 0 amide bonds. The number of benzene rings is 1. The van der Waals surface area contributed by atoms with E-state index in [9.17, 15) is 5.11 Å². The minimum Gasteiger partial charge on any atom is -0.491 e. The smallest absolute Gasteiger partial charge is 0.119 e. The van der Waals surface area contributed by atoms with Crippen molar-refractivity contribution >= 4 is 11.6 Å². The highest BCUT2D eigenvalue weighted by Crippen LogP contribution is 2.17. The molecule has 1 aromatic carbocycles. The van der Waals surface area contributed by atoms with E-state index in [1.807, 2.05) is 12.1 Å². The van der Waals surface area contributed by atoms with Crippen molar-refractivity contribution in [2.24, 2.45) is 0 Å². The summed E-state index contributed by atoms with van der Waals surface area (Å²) in [5.41, 5.74) is 0. The van der Waals surface area contributed by atoms with Crippen LogP contribution in [0.15, 0.2) is 24.3 Å². The molecule has 1 unspecified atom stereocenters. The van der Waals surface area contributed by atoms with Crippen LogP contribution in [-0.2, 0) is 4.74 Å². The maximum atomic E-state index is 10.0. The lowest BCUT2D eigenvalue weighted by Gasteiger charge is -2.22. The van der Waals surface area contributed by atoms with Gasteiger partial charge >= 0.3 is 0 Å². The number of aliphatic hydroxyl groups is 1. The summed E-state index contributed by atoms with van der Waals surface area (Å²) in [6.45, 7) is 1.86. The zero-order valence-electron chi connectivity index (χ0n) is 14.4. The van der Waals surface area contributed by atoms with Gasteiger partial charge in [-0.3, -0.25) is 0 Å². The van der Waals surface area contributed by atoms with Gasteiger partial charge in [-0.15, -0.1) is 0 Å². The Morgan fingerprint density at radius 1 is 1.04 bits per heavy atom. The highest BCUT2D eigenvalue weighted by molar-refractivity contribution is 6.30. The molecule has 136 valence electrons. The van der Waals surface area contributed by atoms with E-state index in [1.165, 1.54) is 44.9 Å². The number of hydrogen-bond acceptors (Lipinski definition) is 4. The van der Waals surface area contributed by atoms with Gasteiger partial charge < -0.3 is 19.9 Å². The summed E-state index contributed by atoms with van der Waals surface area (Å²) >= 11 is 5.82. The van der Waals surface area contributed by atoms with Crippen molar-refractivity contribution in [3.63, 3.8) is 0 Å². The summed E-state index contributed by atoms with van der Waals surface area (Å²) in [6, 6.07) is 7.80. The normalized spacial score (nSPS) is 17.9. The number of aliphatic hydroxyl groups excluding tert-OH is 1. The highest BCUT2D eigenvalue weighted by Gasteiger charge is 2.12. The fraction of sp³-hybridized carbons (Fsp3) is 0.684. The molecular formula is C19H30ClNO3. The van der Waals surface area contributed by atoms with Crippen LogP contribution in [0.5, 0.6) is 5.75 Å². The Balaban J connectivity index is 1.49. The summed E-state index contributed by atoms with van der Waals surface area (Å²) in [6.07, 6.45) is 8.64. The fourth-order valence-corrected chi connectivity index (χ4v) is 3.12. The van der Waals surface area contributed by atoms with E-state index in [0.29, 0.717) is 37.4 Å². The second-order valence-corrected chi connectivity index (χ2v) is 6.92. The van der Waals surface area contributed by atoms with Crippen molar-refractivity contribution in [2.45, 2.75) is 57.1 Å². The molecule has 1 aromatic rings. The number of rotatable bonds is 9. The van der Waals surface area contributed by atoms with E-state index in [-0.39, 0.29) is 0 Å². The molecule has 0 saturated heterocycles. The molecule has 1 fully saturated rings. The Labute approximate surface area is 150 Å². The molecule has 4 nitrogen and oxygen atoms in total. The first kappa shape index (κ1) is 19.5. The Hall–Kier alpha value is -0.810. The monoisotopic (exact) mass is 355 g/mol. The summed E-state index contributed by atoms with van der Waals surface area (Å²) < 4.78 is 11.0. The minimum absolute atomic E-state index is 0.337. The van der Waals surface area contributed by atoms with Crippen molar-refractivity contribution in [3.05, 3.63) is 29.3 Å². The number of halogens is 1. The number of hydrogen-bond donors (Lipinski definition) is 2. The summed E-state index contributed by atoms with van der Waals surface area (Å²) in [5.74, 6) is 0.773. The third-order valence-corrected chi connectivity index (χ3v) is 4.62. The average molecular weight is 356 g/mol. The van der Waals surface area contributed by atoms with Crippen LogP contribution in [0.3, 0.4) is 0 Å².